The van der Waals surface area contributed by atoms with Gasteiger partial charge in [-0.3, -0.25) is 0 Å². The molecule has 3 nitrogen and oxygen atoms in total. The Morgan fingerprint density at radius 1 is 1.35 bits per heavy atom. The molecule has 3 heteroatoms. The van der Waals surface area contributed by atoms with Crippen LogP contribution in [0.5, 0.6) is 5.75 Å². The summed E-state index contributed by atoms with van der Waals surface area (Å²) in [5.41, 5.74) is 1.89. The van der Waals surface area contributed by atoms with E-state index in [0.29, 0.717) is 13.2 Å². The second kappa shape index (κ2) is 6.42. The van der Waals surface area contributed by atoms with Gasteiger partial charge in [-0.05, 0) is 44.3 Å². The largest absolute Gasteiger partial charge is 0.489 e. The van der Waals surface area contributed by atoms with Crippen molar-refractivity contribution in [1.82, 2.24) is 4.90 Å². The maximum atomic E-state index is 9.90. The normalized spacial score (nSPS) is 12.5. The number of hydrogen-bond acceptors (Lipinski definition) is 3. The fraction of sp³-hybridized carbons (Fsp3) is 0.429. The van der Waals surface area contributed by atoms with Crippen LogP contribution in [0.25, 0.3) is 0 Å². The molecule has 1 aromatic carbocycles. The van der Waals surface area contributed by atoms with Crippen molar-refractivity contribution >= 4 is 0 Å². The lowest BCUT2D eigenvalue weighted by atomic mass is 10.1. The van der Waals surface area contributed by atoms with Gasteiger partial charge in [0.05, 0.1) is 6.10 Å². The minimum Gasteiger partial charge on any atom is -0.489 e. The van der Waals surface area contributed by atoms with Crippen molar-refractivity contribution in [3.8, 4) is 5.75 Å². The van der Waals surface area contributed by atoms with Crippen LogP contribution in [0, 0.1) is 0 Å². The highest BCUT2D eigenvalue weighted by molar-refractivity contribution is 5.29. The van der Waals surface area contributed by atoms with Gasteiger partial charge >= 0.3 is 0 Å². The number of likely N-dealkylation sites (N-methyl/N-ethyl adjacent to an activating group) is 1. The monoisotopic (exact) mass is 235 g/mol. The van der Waals surface area contributed by atoms with Gasteiger partial charge in [0, 0.05) is 6.54 Å². The van der Waals surface area contributed by atoms with E-state index in [-0.39, 0.29) is 0 Å². The number of aliphatic hydroxyl groups excluding tert-OH is 1. The molecule has 1 unspecified atom stereocenters. The van der Waals surface area contributed by atoms with Crippen LogP contribution in [0.3, 0.4) is 0 Å². The molecule has 0 radical (unpaired) electrons. The van der Waals surface area contributed by atoms with Gasteiger partial charge in [0.15, 0.2) is 0 Å². The zero-order chi connectivity index (χ0) is 12.8. The SMILES string of the molecule is C=C(C)COc1ccc(C(O)CN(C)C)cc1. The van der Waals surface area contributed by atoms with Gasteiger partial charge in [0.2, 0.25) is 0 Å². The van der Waals surface area contributed by atoms with Gasteiger partial charge < -0.3 is 14.7 Å². The summed E-state index contributed by atoms with van der Waals surface area (Å²) < 4.78 is 5.49. The molecule has 0 aliphatic carbocycles. The van der Waals surface area contributed by atoms with E-state index in [1.54, 1.807) is 0 Å². The Kier molecular flexibility index (Phi) is 5.19. The van der Waals surface area contributed by atoms with Gasteiger partial charge in [-0.2, -0.15) is 0 Å². The number of benzene rings is 1. The summed E-state index contributed by atoms with van der Waals surface area (Å²) in [6, 6.07) is 7.53. The van der Waals surface area contributed by atoms with Crippen molar-refractivity contribution < 1.29 is 9.84 Å². The highest BCUT2D eigenvalue weighted by Crippen LogP contribution is 2.18. The lowest BCUT2D eigenvalue weighted by molar-refractivity contribution is 0.138. The first-order valence-electron chi connectivity index (χ1n) is 5.69. The van der Waals surface area contributed by atoms with E-state index in [9.17, 15) is 5.11 Å². The first-order chi connectivity index (χ1) is 7.99. The molecule has 0 saturated heterocycles. The molecule has 1 N–H and O–H groups in total. The lowest BCUT2D eigenvalue weighted by Crippen LogP contribution is -2.19. The van der Waals surface area contributed by atoms with Crippen LogP contribution < -0.4 is 4.74 Å². The fourth-order valence-corrected chi connectivity index (χ4v) is 1.44. The number of rotatable bonds is 6. The number of nitrogens with zero attached hydrogens (tertiary/aromatic N) is 1. The van der Waals surface area contributed by atoms with Crippen LogP contribution in [0.1, 0.15) is 18.6 Å². The molecule has 0 amide bonds. The Bertz CT molecular complexity index is 357. The van der Waals surface area contributed by atoms with E-state index in [1.807, 2.05) is 50.2 Å². The molecule has 0 aliphatic heterocycles. The predicted octanol–water partition coefficient (Wildman–Crippen LogP) is 2.24. The molecule has 0 aromatic heterocycles. The molecule has 94 valence electrons. The molecule has 1 aromatic rings. The highest BCUT2D eigenvalue weighted by atomic mass is 16.5. The molecule has 0 heterocycles. The number of hydrogen-bond donors (Lipinski definition) is 1. The van der Waals surface area contributed by atoms with Crippen LogP contribution in [-0.2, 0) is 0 Å². The molecular weight excluding hydrogens is 214 g/mol. The van der Waals surface area contributed by atoms with Gasteiger partial charge in [0.1, 0.15) is 12.4 Å². The van der Waals surface area contributed by atoms with Crippen LogP contribution in [0.4, 0.5) is 0 Å². The molecule has 0 saturated carbocycles. The Morgan fingerprint density at radius 3 is 2.41 bits per heavy atom. The summed E-state index contributed by atoms with van der Waals surface area (Å²) in [7, 11) is 3.88. The summed E-state index contributed by atoms with van der Waals surface area (Å²) in [6.07, 6.45) is -0.458. The summed E-state index contributed by atoms with van der Waals surface area (Å²) in [5, 5.41) is 9.90. The van der Waals surface area contributed by atoms with Crippen molar-refractivity contribution in [2.45, 2.75) is 13.0 Å². The minimum atomic E-state index is -0.458. The zero-order valence-electron chi connectivity index (χ0n) is 10.8. The van der Waals surface area contributed by atoms with Crippen molar-refractivity contribution in [2.75, 3.05) is 27.2 Å². The summed E-state index contributed by atoms with van der Waals surface area (Å²) in [6.45, 7) is 6.85. The van der Waals surface area contributed by atoms with Gasteiger partial charge in [0.25, 0.3) is 0 Å². The Morgan fingerprint density at radius 2 is 1.94 bits per heavy atom. The Balaban J connectivity index is 2.58. The van der Waals surface area contributed by atoms with Crippen LogP contribution in [0.15, 0.2) is 36.4 Å². The average molecular weight is 235 g/mol. The van der Waals surface area contributed by atoms with Crippen molar-refractivity contribution in [3.05, 3.63) is 42.0 Å². The third kappa shape index (κ3) is 5.02. The second-order valence-electron chi connectivity index (χ2n) is 4.59. The minimum absolute atomic E-state index is 0.458. The van der Waals surface area contributed by atoms with E-state index in [2.05, 4.69) is 6.58 Å². The quantitative estimate of drug-likeness (QED) is 0.768. The lowest BCUT2D eigenvalue weighted by Gasteiger charge is -2.16. The first kappa shape index (κ1) is 13.7. The van der Waals surface area contributed by atoms with Crippen molar-refractivity contribution in [3.63, 3.8) is 0 Å². The fourth-order valence-electron chi connectivity index (χ4n) is 1.44. The van der Waals surface area contributed by atoms with Gasteiger partial charge in [-0.15, -0.1) is 0 Å². The third-order valence-corrected chi connectivity index (χ3v) is 2.29. The molecule has 17 heavy (non-hydrogen) atoms. The highest BCUT2D eigenvalue weighted by Gasteiger charge is 2.08. The van der Waals surface area contributed by atoms with Crippen LogP contribution in [0.2, 0.25) is 0 Å². The van der Waals surface area contributed by atoms with Crippen LogP contribution >= 0.6 is 0 Å². The first-order valence-corrected chi connectivity index (χ1v) is 5.69. The zero-order valence-corrected chi connectivity index (χ0v) is 10.8. The standard InChI is InChI=1S/C14H21NO2/c1-11(2)10-17-13-7-5-12(6-8-13)14(16)9-15(3)4/h5-8,14,16H,1,9-10H2,2-4H3. The molecule has 0 spiro atoms. The summed E-state index contributed by atoms with van der Waals surface area (Å²) in [4.78, 5) is 1.95. The topological polar surface area (TPSA) is 32.7 Å². The maximum Gasteiger partial charge on any atom is 0.119 e. The summed E-state index contributed by atoms with van der Waals surface area (Å²) >= 11 is 0. The maximum absolute atomic E-state index is 9.90. The third-order valence-electron chi connectivity index (χ3n) is 2.29. The van der Waals surface area contributed by atoms with E-state index in [1.165, 1.54) is 0 Å². The van der Waals surface area contributed by atoms with Crippen LogP contribution in [-0.4, -0.2) is 37.3 Å². The molecule has 0 bridgehead atoms. The molecular formula is C14H21NO2. The van der Waals surface area contributed by atoms with E-state index < -0.39 is 6.10 Å². The second-order valence-corrected chi connectivity index (χ2v) is 4.59. The van der Waals surface area contributed by atoms with Crippen molar-refractivity contribution in [1.29, 1.82) is 0 Å². The molecule has 0 fully saturated rings. The van der Waals surface area contributed by atoms with E-state index in [4.69, 9.17) is 4.74 Å². The molecule has 1 rings (SSSR count). The van der Waals surface area contributed by atoms with Crippen molar-refractivity contribution in [2.24, 2.45) is 0 Å². The predicted molar refractivity (Wildman–Crippen MR) is 70.3 cm³/mol. The Labute approximate surface area is 103 Å². The van der Waals surface area contributed by atoms with E-state index in [0.717, 1.165) is 16.9 Å². The van der Waals surface area contributed by atoms with Gasteiger partial charge in [-0.25, -0.2) is 0 Å². The summed E-state index contributed by atoms with van der Waals surface area (Å²) in [5.74, 6) is 0.800. The number of ether oxygens (including phenoxy) is 1. The average Bonchev–Trinajstić information content (AvgIpc) is 2.26. The molecule has 0 aliphatic rings. The molecule has 1 atom stereocenters. The smallest absolute Gasteiger partial charge is 0.119 e. The van der Waals surface area contributed by atoms with E-state index >= 15 is 0 Å². The Hall–Kier alpha value is -1.32. The number of aliphatic hydroxyl groups is 1. The van der Waals surface area contributed by atoms with Gasteiger partial charge in [-0.1, -0.05) is 18.7 Å².